The van der Waals surface area contributed by atoms with Crippen LogP contribution >= 0.6 is 0 Å². The molecule has 0 spiro atoms. The van der Waals surface area contributed by atoms with Gasteiger partial charge in [0.2, 0.25) is 5.91 Å². The Bertz CT molecular complexity index is 1010. The number of benzene rings is 1. The minimum atomic E-state index is -0.593. The van der Waals surface area contributed by atoms with Crippen molar-refractivity contribution in [1.29, 1.82) is 0 Å². The highest BCUT2D eigenvalue weighted by Gasteiger charge is 2.25. The van der Waals surface area contributed by atoms with Gasteiger partial charge in [-0.15, -0.1) is 0 Å². The number of carbonyl (C=O) groups is 2. The number of nitrogens with zero attached hydrogens (tertiary/aromatic N) is 2. The van der Waals surface area contributed by atoms with Gasteiger partial charge in [0, 0.05) is 35.9 Å². The number of nitrogens with two attached hydrogens (primary N) is 1. The summed E-state index contributed by atoms with van der Waals surface area (Å²) in [6.07, 6.45) is 5.37. The van der Waals surface area contributed by atoms with Gasteiger partial charge < -0.3 is 20.4 Å². The number of aromatic nitrogens is 2. The third-order valence-corrected chi connectivity index (χ3v) is 5.03. The fourth-order valence-corrected chi connectivity index (χ4v) is 3.63. The number of likely N-dealkylation sites (tertiary alicyclic amines) is 1. The average Bonchev–Trinajstić information content (AvgIpc) is 3.11. The lowest BCUT2D eigenvalue weighted by Gasteiger charge is -2.33. The molecule has 0 aliphatic carbocycles. The zero-order chi connectivity index (χ0) is 19.5. The number of piperidine rings is 1. The molecule has 28 heavy (non-hydrogen) atoms. The highest BCUT2D eigenvalue weighted by molar-refractivity contribution is 5.91. The van der Waals surface area contributed by atoms with Crippen molar-refractivity contribution in [1.82, 2.24) is 14.9 Å². The third-order valence-electron chi connectivity index (χ3n) is 5.03. The molecule has 1 atom stereocenters. The molecule has 1 aliphatic heterocycles. The van der Waals surface area contributed by atoms with Crippen LogP contribution in [-0.2, 0) is 11.2 Å². The van der Waals surface area contributed by atoms with Gasteiger partial charge in [0.25, 0.3) is 5.91 Å². The maximum Gasteiger partial charge on any atom is 0.267 e. The highest BCUT2D eigenvalue weighted by atomic mass is 16.5. The summed E-state index contributed by atoms with van der Waals surface area (Å²) in [4.78, 5) is 33.1. The molecule has 144 valence electrons. The lowest BCUT2D eigenvalue weighted by Crippen LogP contribution is -2.45. The summed E-state index contributed by atoms with van der Waals surface area (Å²) in [6, 6.07) is 11.2. The molecular formula is C21H22N4O3. The van der Waals surface area contributed by atoms with Crippen molar-refractivity contribution in [3.63, 3.8) is 0 Å². The first-order chi connectivity index (χ1) is 13.6. The summed E-state index contributed by atoms with van der Waals surface area (Å²) in [5, 5.41) is 1.08. The second-order valence-corrected chi connectivity index (χ2v) is 7.00. The van der Waals surface area contributed by atoms with Crippen LogP contribution < -0.4 is 10.5 Å². The predicted octanol–water partition coefficient (Wildman–Crippen LogP) is 2.27. The van der Waals surface area contributed by atoms with Crippen LogP contribution in [0.15, 0.2) is 48.8 Å². The number of carbonyl (C=O) groups excluding carboxylic acids is 2. The Kier molecular flexibility index (Phi) is 4.97. The van der Waals surface area contributed by atoms with Gasteiger partial charge in [0.1, 0.15) is 17.5 Å². The van der Waals surface area contributed by atoms with E-state index in [9.17, 15) is 9.59 Å². The Labute approximate surface area is 162 Å². The number of primary amides is 1. The summed E-state index contributed by atoms with van der Waals surface area (Å²) >= 11 is 0. The van der Waals surface area contributed by atoms with Gasteiger partial charge in [0.05, 0.1) is 13.0 Å². The summed E-state index contributed by atoms with van der Waals surface area (Å²) in [5.74, 6) is 0.0370. The van der Waals surface area contributed by atoms with Crippen LogP contribution in [0.2, 0.25) is 0 Å². The van der Waals surface area contributed by atoms with Crippen LogP contribution in [0.5, 0.6) is 5.75 Å². The molecule has 3 N–H and O–H groups in total. The number of hydrogen-bond acceptors (Lipinski definition) is 4. The predicted molar refractivity (Wildman–Crippen MR) is 105 cm³/mol. The minimum absolute atomic E-state index is 0.0885. The smallest absolute Gasteiger partial charge is 0.267 e. The van der Waals surface area contributed by atoms with E-state index in [4.69, 9.17) is 10.5 Å². The molecule has 3 heterocycles. The first-order valence-electron chi connectivity index (χ1n) is 9.35. The van der Waals surface area contributed by atoms with Gasteiger partial charge in [-0.1, -0.05) is 18.2 Å². The molecule has 1 fully saturated rings. The van der Waals surface area contributed by atoms with Gasteiger partial charge in [-0.2, -0.15) is 0 Å². The third kappa shape index (κ3) is 3.83. The first kappa shape index (κ1) is 18.0. The molecule has 3 aromatic rings. The Morgan fingerprint density at radius 1 is 1.29 bits per heavy atom. The average molecular weight is 378 g/mol. The van der Waals surface area contributed by atoms with Crippen LogP contribution in [-0.4, -0.2) is 45.9 Å². The monoisotopic (exact) mass is 378 g/mol. The molecule has 1 aromatic carbocycles. The molecule has 7 nitrogen and oxygen atoms in total. The molecule has 2 amide bonds. The van der Waals surface area contributed by atoms with Gasteiger partial charge in [-0.25, -0.2) is 0 Å². The van der Waals surface area contributed by atoms with Crippen LogP contribution in [0, 0.1) is 0 Å². The molecule has 1 saturated heterocycles. The summed E-state index contributed by atoms with van der Waals surface area (Å²) in [7, 11) is 0. The Morgan fingerprint density at radius 2 is 2.14 bits per heavy atom. The molecule has 2 aromatic heterocycles. The number of amides is 2. The van der Waals surface area contributed by atoms with Gasteiger partial charge >= 0.3 is 0 Å². The first-order valence-corrected chi connectivity index (χ1v) is 9.35. The fraction of sp³-hybridized carbons (Fsp3) is 0.286. The minimum Gasteiger partial charge on any atom is -0.488 e. The lowest BCUT2D eigenvalue weighted by atomic mass is 10.1. The topological polar surface area (TPSA) is 101 Å². The molecule has 1 aliphatic rings. The zero-order valence-corrected chi connectivity index (χ0v) is 15.4. The van der Waals surface area contributed by atoms with Crippen molar-refractivity contribution in [3.05, 3.63) is 60.0 Å². The van der Waals surface area contributed by atoms with Crippen molar-refractivity contribution >= 4 is 22.7 Å². The Balaban J connectivity index is 1.41. The second-order valence-electron chi connectivity index (χ2n) is 7.00. The molecular weight excluding hydrogens is 356 g/mol. The standard InChI is InChI=1S/C21H22N4O3/c22-21(27)19-11-15(7-8-23-19)28-16-4-3-9-25(13-16)20(26)10-14-12-24-18-6-2-1-5-17(14)18/h1-2,5-8,11-12,16,24H,3-4,9-10,13H2,(H2,22,27). The number of pyridine rings is 1. The molecule has 7 heteroatoms. The maximum absolute atomic E-state index is 12.8. The summed E-state index contributed by atoms with van der Waals surface area (Å²) in [6.45, 7) is 1.25. The normalized spacial score (nSPS) is 16.9. The van der Waals surface area contributed by atoms with E-state index >= 15 is 0 Å². The number of rotatable bonds is 5. The van der Waals surface area contributed by atoms with Gasteiger partial charge in [-0.3, -0.25) is 14.6 Å². The summed E-state index contributed by atoms with van der Waals surface area (Å²) in [5.41, 5.74) is 7.48. The quantitative estimate of drug-likeness (QED) is 0.711. The van der Waals surface area contributed by atoms with Crippen molar-refractivity contribution < 1.29 is 14.3 Å². The van der Waals surface area contributed by atoms with Crippen molar-refractivity contribution in [2.75, 3.05) is 13.1 Å². The lowest BCUT2D eigenvalue weighted by molar-refractivity contribution is -0.133. The van der Waals surface area contributed by atoms with Crippen molar-refractivity contribution in [2.24, 2.45) is 5.73 Å². The van der Waals surface area contributed by atoms with Crippen LogP contribution in [0.3, 0.4) is 0 Å². The maximum atomic E-state index is 12.8. The SMILES string of the molecule is NC(=O)c1cc(OC2CCCN(C(=O)Cc3c[nH]c4ccccc34)C2)ccn1. The number of ether oxygens (including phenoxy) is 1. The zero-order valence-electron chi connectivity index (χ0n) is 15.4. The van der Waals surface area contributed by atoms with E-state index in [2.05, 4.69) is 9.97 Å². The second kappa shape index (κ2) is 7.72. The molecule has 4 rings (SSSR count). The van der Waals surface area contributed by atoms with Gasteiger partial charge in [-0.05, 0) is 30.5 Å². The van der Waals surface area contributed by atoms with E-state index in [0.717, 1.165) is 35.9 Å². The molecule has 0 saturated carbocycles. The van der Waals surface area contributed by atoms with Crippen molar-refractivity contribution in [2.45, 2.75) is 25.4 Å². The number of hydrogen-bond donors (Lipinski definition) is 2. The Hall–Kier alpha value is -3.35. The van der Waals surface area contributed by atoms with Crippen LogP contribution in [0.25, 0.3) is 10.9 Å². The Morgan fingerprint density at radius 3 is 3.00 bits per heavy atom. The van der Waals surface area contributed by atoms with Crippen molar-refractivity contribution in [3.8, 4) is 5.75 Å². The highest BCUT2D eigenvalue weighted by Crippen LogP contribution is 2.22. The number of aromatic amines is 1. The van der Waals surface area contributed by atoms with E-state index in [1.54, 1.807) is 6.07 Å². The van der Waals surface area contributed by atoms with E-state index in [0.29, 0.717) is 18.7 Å². The van der Waals surface area contributed by atoms with E-state index in [1.807, 2.05) is 35.4 Å². The van der Waals surface area contributed by atoms with Crippen LogP contribution in [0.4, 0.5) is 0 Å². The molecule has 0 bridgehead atoms. The van der Waals surface area contributed by atoms with E-state index in [1.165, 1.54) is 12.3 Å². The number of fused-ring (bicyclic) bond motifs is 1. The number of nitrogens with one attached hydrogen (secondary N) is 1. The summed E-state index contributed by atoms with van der Waals surface area (Å²) < 4.78 is 5.98. The number of H-pyrrole nitrogens is 1. The van der Waals surface area contributed by atoms with E-state index < -0.39 is 5.91 Å². The van der Waals surface area contributed by atoms with E-state index in [-0.39, 0.29) is 17.7 Å². The fourth-order valence-electron chi connectivity index (χ4n) is 3.63. The van der Waals surface area contributed by atoms with Gasteiger partial charge in [0.15, 0.2) is 0 Å². The van der Waals surface area contributed by atoms with Crippen LogP contribution in [0.1, 0.15) is 28.9 Å². The molecule has 1 unspecified atom stereocenters. The molecule has 0 radical (unpaired) electrons. The largest absolute Gasteiger partial charge is 0.488 e. The number of para-hydroxylation sites is 1.